The molecule has 0 atom stereocenters. The van der Waals surface area contributed by atoms with Crippen molar-refractivity contribution in [3.05, 3.63) is 81.9 Å². The van der Waals surface area contributed by atoms with E-state index >= 15 is 0 Å². The molecular formula is C24H24O3. The highest BCUT2D eigenvalue weighted by Crippen LogP contribution is 2.28. The van der Waals surface area contributed by atoms with Crippen LogP contribution in [0.15, 0.2) is 54.1 Å². The van der Waals surface area contributed by atoms with Gasteiger partial charge < -0.3 is 0 Å². The molecule has 3 rings (SSSR count). The van der Waals surface area contributed by atoms with Gasteiger partial charge >= 0.3 is 0 Å². The fourth-order valence-corrected chi connectivity index (χ4v) is 3.69. The Morgan fingerprint density at radius 1 is 0.889 bits per heavy atom. The van der Waals surface area contributed by atoms with Gasteiger partial charge in [0, 0.05) is 28.7 Å². The molecule has 0 bridgehead atoms. The predicted molar refractivity (Wildman–Crippen MR) is 107 cm³/mol. The maximum atomic E-state index is 12.9. The van der Waals surface area contributed by atoms with Crippen LogP contribution in [0.4, 0.5) is 0 Å². The minimum absolute atomic E-state index is 0.0278. The zero-order chi connectivity index (χ0) is 19.4. The molecule has 0 aromatic heterocycles. The van der Waals surface area contributed by atoms with Crippen molar-refractivity contribution in [2.24, 2.45) is 0 Å². The van der Waals surface area contributed by atoms with E-state index in [1.165, 1.54) is 6.08 Å². The fourth-order valence-electron chi connectivity index (χ4n) is 3.69. The number of carbonyl (C=O) groups is 3. The van der Waals surface area contributed by atoms with Crippen LogP contribution >= 0.6 is 0 Å². The Bertz CT molecular complexity index is 934. The predicted octanol–water partition coefficient (Wildman–Crippen LogP) is 5.17. The van der Waals surface area contributed by atoms with Crippen molar-refractivity contribution in [1.82, 2.24) is 0 Å². The monoisotopic (exact) mass is 360 g/mol. The molecule has 3 nitrogen and oxygen atoms in total. The van der Waals surface area contributed by atoms with Crippen LogP contribution < -0.4 is 0 Å². The molecule has 0 N–H and O–H groups in total. The van der Waals surface area contributed by atoms with Crippen molar-refractivity contribution < 1.29 is 14.4 Å². The molecule has 0 spiro atoms. The normalized spacial score (nSPS) is 13.3. The van der Waals surface area contributed by atoms with Crippen molar-refractivity contribution in [1.29, 1.82) is 0 Å². The summed E-state index contributed by atoms with van der Waals surface area (Å²) < 4.78 is 0. The van der Waals surface area contributed by atoms with E-state index in [1.807, 2.05) is 50.2 Å². The van der Waals surface area contributed by atoms with Gasteiger partial charge in [0.1, 0.15) is 0 Å². The van der Waals surface area contributed by atoms with Crippen LogP contribution in [-0.4, -0.2) is 17.3 Å². The van der Waals surface area contributed by atoms with Crippen LogP contribution in [-0.2, 0) is 12.8 Å². The lowest BCUT2D eigenvalue weighted by Gasteiger charge is -2.18. The minimum Gasteiger partial charge on any atom is -0.294 e. The smallest absolute Gasteiger partial charge is 0.190 e. The third kappa shape index (κ3) is 3.82. The van der Waals surface area contributed by atoms with E-state index in [9.17, 15) is 14.4 Å². The zero-order valence-electron chi connectivity index (χ0n) is 15.9. The maximum Gasteiger partial charge on any atom is 0.190 e. The van der Waals surface area contributed by atoms with Crippen LogP contribution in [0.2, 0.25) is 0 Å². The molecule has 2 aromatic rings. The van der Waals surface area contributed by atoms with E-state index in [1.54, 1.807) is 6.07 Å². The second-order valence-electron chi connectivity index (χ2n) is 6.84. The Labute approximate surface area is 160 Å². The van der Waals surface area contributed by atoms with Gasteiger partial charge in [-0.25, -0.2) is 0 Å². The first-order valence-corrected chi connectivity index (χ1v) is 9.59. The van der Waals surface area contributed by atoms with Gasteiger partial charge in [0.25, 0.3) is 0 Å². The highest BCUT2D eigenvalue weighted by Gasteiger charge is 2.27. The van der Waals surface area contributed by atoms with Crippen LogP contribution in [0, 0.1) is 0 Å². The number of hydrogen-bond acceptors (Lipinski definition) is 3. The summed E-state index contributed by atoms with van der Waals surface area (Å²) in [6.45, 7) is 3.85. The number of rotatable bonds is 7. The average Bonchev–Trinajstić information content (AvgIpc) is 2.70. The summed E-state index contributed by atoms with van der Waals surface area (Å²) in [5.74, 6) is 0.0201. The molecule has 2 aromatic carbocycles. The summed E-state index contributed by atoms with van der Waals surface area (Å²) in [6.07, 6.45) is 4.67. The van der Waals surface area contributed by atoms with Crippen LogP contribution in [0.3, 0.4) is 0 Å². The molecule has 27 heavy (non-hydrogen) atoms. The molecule has 138 valence electrons. The highest BCUT2D eigenvalue weighted by molar-refractivity contribution is 6.25. The molecular weight excluding hydrogens is 336 g/mol. The standard InChI is InChI=1S/C24H24O3/c1-3-16-10-8-14-20-22(26)15-18(24(27)23(16)20)12-7-11-17-9-5-6-13-19(17)21(25)4-2/h5-6,8-10,13-15H,3-4,7,11-12H2,1-2H3. The Kier molecular flexibility index (Phi) is 5.80. The molecule has 0 aliphatic heterocycles. The number of hydrogen-bond donors (Lipinski definition) is 0. The van der Waals surface area contributed by atoms with Crippen molar-refractivity contribution in [3.8, 4) is 0 Å². The summed E-state index contributed by atoms with van der Waals surface area (Å²) >= 11 is 0. The van der Waals surface area contributed by atoms with Crippen molar-refractivity contribution in [2.45, 2.75) is 46.0 Å². The molecule has 0 radical (unpaired) electrons. The SMILES string of the molecule is CCC(=O)c1ccccc1CCCC1=CC(=O)c2cccc(CC)c2C1=O. The van der Waals surface area contributed by atoms with Gasteiger partial charge in [-0.2, -0.15) is 0 Å². The Balaban J connectivity index is 1.76. The largest absolute Gasteiger partial charge is 0.294 e. The lowest BCUT2D eigenvalue weighted by atomic mass is 9.83. The summed E-state index contributed by atoms with van der Waals surface area (Å²) in [6, 6.07) is 13.1. The molecule has 0 amide bonds. The Hall–Kier alpha value is -2.81. The van der Waals surface area contributed by atoms with Gasteiger partial charge in [-0.05, 0) is 42.9 Å². The third-order valence-electron chi connectivity index (χ3n) is 5.15. The number of allylic oxidation sites excluding steroid dienone is 2. The topological polar surface area (TPSA) is 51.2 Å². The number of aryl methyl sites for hydroxylation is 2. The van der Waals surface area contributed by atoms with Crippen LogP contribution in [0.5, 0.6) is 0 Å². The lowest BCUT2D eigenvalue weighted by molar-refractivity contribution is 0.0980. The Morgan fingerprint density at radius 3 is 2.37 bits per heavy atom. The van der Waals surface area contributed by atoms with Gasteiger partial charge in [-0.1, -0.05) is 56.3 Å². The van der Waals surface area contributed by atoms with E-state index in [2.05, 4.69) is 0 Å². The molecule has 1 aliphatic carbocycles. The summed E-state index contributed by atoms with van der Waals surface area (Å²) in [5.41, 5.74) is 4.36. The van der Waals surface area contributed by atoms with Crippen LogP contribution in [0.25, 0.3) is 0 Å². The van der Waals surface area contributed by atoms with Crippen LogP contribution in [0.1, 0.15) is 75.3 Å². The third-order valence-corrected chi connectivity index (χ3v) is 5.15. The van der Waals surface area contributed by atoms with Crippen molar-refractivity contribution in [2.75, 3.05) is 0 Å². The summed E-state index contributed by atoms with van der Waals surface area (Å²) in [5, 5.41) is 0. The number of carbonyl (C=O) groups excluding carboxylic acids is 3. The van der Waals surface area contributed by atoms with Gasteiger partial charge in [-0.15, -0.1) is 0 Å². The van der Waals surface area contributed by atoms with E-state index < -0.39 is 0 Å². The molecule has 3 heteroatoms. The van der Waals surface area contributed by atoms with Gasteiger partial charge in [0.05, 0.1) is 0 Å². The van der Waals surface area contributed by atoms with Gasteiger partial charge in [0.15, 0.2) is 17.3 Å². The lowest BCUT2D eigenvalue weighted by Crippen LogP contribution is -2.19. The quantitative estimate of drug-likeness (QED) is 0.640. The zero-order valence-corrected chi connectivity index (χ0v) is 15.9. The second kappa shape index (κ2) is 8.26. The fraction of sp³-hybridized carbons (Fsp3) is 0.292. The van der Waals surface area contributed by atoms with Crippen molar-refractivity contribution in [3.63, 3.8) is 0 Å². The molecule has 0 fully saturated rings. The molecule has 1 aliphatic rings. The molecule has 0 saturated heterocycles. The minimum atomic E-state index is -0.0866. The molecule has 0 saturated carbocycles. The number of Topliss-reactive ketones (excluding diaryl/α,β-unsaturated/α-hetero) is 2. The van der Waals surface area contributed by atoms with E-state index in [4.69, 9.17) is 0 Å². The summed E-state index contributed by atoms with van der Waals surface area (Å²) in [4.78, 5) is 37.5. The first-order valence-electron chi connectivity index (χ1n) is 9.59. The highest BCUT2D eigenvalue weighted by atomic mass is 16.1. The maximum absolute atomic E-state index is 12.9. The molecule has 0 heterocycles. The average molecular weight is 360 g/mol. The first-order chi connectivity index (χ1) is 13.1. The summed E-state index contributed by atoms with van der Waals surface area (Å²) in [7, 11) is 0. The number of fused-ring (bicyclic) bond motifs is 1. The van der Waals surface area contributed by atoms with Gasteiger partial charge in [0.2, 0.25) is 0 Å². The number of benzene rings is 2. The Morgan fingerprint density at radius 2 is 1.63 bits per heavy atom. The first kappa shape index (κ1) is 19.0. The number of ketones is 3. The van der Waals surface area contributed by atoms with E-state index in [0.29, 0.717) is 36.0 Å². The second-order valence-corrected chi connectivity index (χ2v) is 6.84. The van der Waals surface area contributed by atoms with E-state index in [0.717, 1.165) is 29.5 Å². The van der Waals surface area contributed by atoms with Crippen molar-refractivity contribution >= 4 is 17.3 Å². The van der Waals surface area contributed by atoms with Gasteiger partial charge in [-0.3, -0.25) is 14.4 Å². The van der Waals surface area contributed by atoms with E-state index in [-0.39, 0.29) is 17.3 Å². The molecule has 0 unspecified atom stereocenters.